The Hall–Kier alpha value is -1.64. The number of pyridine rings is 1. The largest absolute Gasteiger partial charge is 0.457 e. The molecular weight excluding hydrogens is 202 g/mol. The van der Waals surface area contributed by atoms with Crippen molar-refractivity contribution in [2.45, 2.75) is 33.3 Å². The second-order valence-electron chi connectivity index (χ2n) is 4.60. The van der Waals surface area contributed by atoms with Crippen molar-refractivity contribution >= 4 is 12.0 Å². The fourth-order valence-electron chi connectivity index (χ4n) is 1.17. The van der Waals surface area contributed by atoms with Gasteiger partial charge in [0.25, 0.3) is 0 Å². The van der Waals surface area contributed by atoms with Crippen molar-refractivity contribution in [1.82, 2.24) is 4.98 Å². The van der Waals surface area contributed by atoms with Crippen LogP contribution in [0.4, 0.5) is 0 Å². The molecule has 0 saturated heterocycles. The van der Waals surface area contributed by atoms with Crippen LogP contribution in [0.25, 0.3) is 6.08 Å². The van der Waals surface area contributed by atoms with Gasteiger partial charge >= 0.3 is 5.97 Å². The van der Waals surface area contributed by atoms with Crippen molar-refractivity contribution < 1.29 is 9.53 Å². The topological polar surface area (TPSA) is 39.2 Å². The number of hydrogen-bond acceptors (Lipinski definition) is 3. The zero-order valence-corrected chi connectivity index (χ0v) is 10.2. The molecule has 86 valence electrons. The van der Waals surface area contributed by atoms with E-state index in [0.29, 0.717) is 0 Å². The lowest BCUT2D eigenvalue weighted by Crippen LogP contribution is -2.22. The summed E-state index contributed by atoms with van der Waals surface area (Å²) in [6.07, 6.45) is 4.87. The highest BCUT2D eigenvalue weighted by molar-refractivity contribution is 5.87. The predicted molar refractivity (Wildman–Crippen MR) is 63.9 cm³/mol. The van der Waals surface area contributed by atoms with Crippen LogP contribution in [0.5, 0.6) is 0 Å². The zero-order chi connectivity index (χ0) is 12.2. The number of nitrogens with zero attached hydrogens (tertiary/aromatic N) is 1. The highest BCUT2D eigenvalue weighted by Crippen LogP contribution is 2.08. The third-order valence-electron chi connectivity index (χ3n) is 1.74. The number of carbonyl (C=O) groups excluding carboxylic acids is 1. The molecular formula is C13H17NO2. The van der Waals surface area contributed by atoms with Crippen molar-refractivity contribution in [1.29, 1.82) is 0 Å². The van der Waals surface area contributed by atoms with Crippen molar-refractivity contribution in [3.63, 3.8) is 0 Å². The first-order valence-corrected chi connectivity index (χ1v) is 5.20. The Labute approximate surface area is 96.2 Å². The Kier molecular flexibility index (Phi) is 3.82. The van der Waals surface area contributed by atoms with Gasteiger partial charge in [0.1, 0.15) is 5.60 Å². The summed E-state index contributed by atoms with van der Waals surface area (Å²) in [6.45, 7) is 7.44. The van der Waals surface area contributed by atoms with Gasteiger partial charge in [0.2, 0.25) is 0 Å². The normalized spacial score (nSPS) is 11.8. The molecule has 0 atom stereocenters. The molecule has 0 aromatic carbocycles. The van der Waals surface area contributed by atoms with E-state index in [-0.39, 0.29) is 5.97 Å². The van der Waals surface area contributed by atoms with Crippen LogP contribution >= 0.6 is 0 Å². The molecule has 1 heterocycles. The van der Waals surface area contributed by atoms with Crippen molar-refractivity contribution in [3.05, 3.63) is 35.7 Å². The molecule has 0 spiro atoms. The third kappa shape index (κ3) is 4.73. The number of hydrogen-bond donors (Lipinski definition) is 0. The summed E-state index contributed by atoms with van der Waals surface area (Å²) in [6, 6.07) is 3.74. The summed E-state index contributed by atoms with van der Waals surface area (Å²) < 4.78 is 5.15. The maximum atomic E-state index is 11.4. The molecule has 0 aliphatic heterocycles. The van der Waals surface area contributed by atoms with Gasteiger partial charge in [-0.05, 0) is 51.5 Å². The van der Waals surface area contributed by atoms with Gasteiger partial charge < -0.3 is 4.74 Å². The van der Waals surface area contributed by atoms with Crippen LogP contribution < -0.4 is 0 Å². The highest BCUT2D eigenvalue weighted by Gasteiger charge is 2.13. The fraction of sp³-hybridized carbons (Fsp3) is 0.385. The lowest BCUT2D eigenvalue weighted by Gasteiger charge is -2.17. The molecule has 1 aromatic rings. The summed E-state index contributed by atoms with van der Waals surface area (Å²) in [5.41, 5.74) is 1.42. The molecule has 0 bridgehead atoms. The van der Waals surface area contributed by atoms with Crippen molar-refractivity contribution in [3.8, 4) is 0 Å². The van der Waals surface area contributed by atoms with Crippen LogP contribution in [0.3, 0.4) is 0 Å². The van der Waals surface area contributed by atoms with Crippen LogP contribution in [-0.4, -0.2) is 16.6 Å². The molecule has 0 N–H and O–H groups in total. The Balaban J connectivity index is 2.64. The standard InChI is InChI=1S/C13H17NO2/c1-10-9-11(7-8-14-10)5-6-12(15)16-13(2,3)4/h5-9H,1-4H3. The molecule has 1 rings (SSSR count). The molecule has 0 aliphatic carbocycles. The van der Waals surface area contributed by atoms with E-state index in [1.54, 1.807) is 12.3 Å². The average molecular weight is 219 g/mol. The number of aromatic nitrogens is 1. The Morgan fingerprint density at radius 1 is 1.44 bits per heavy atom. The predicted octanol–water partition coefficient (Wildman–Crippen LogP) is 2.74. The number of carbonyl (C=O) groups is 1. The SMILES string of the molecule is Cc1cc(C=CC(=O)OC(C)(C)C)ccn1. The molecule has 0 amide bonds. The molecule has 0 aliphatic rings. The Bertz CT molecular complexity index is 403. The lowest BCUT2D eigenvalue weighted by atomic mass is 10.2. The average Bonchev–Trinajstić information content (AvgIpc) is 2.12. The minimum absolute atomic E-state index is 0.332. The second-order valence-corrected chi connectivity index (χ2v) is 4.60. The third-order valence-corrected chi connectivity index (χ3v) is 1.74. The van der Waals surface area contributed by atoms with E-state index in [9.17, 15) is 4.79 Å². The van der Waals surface area contributed by atoms with Crippen LogP contribution in [0, 0.1) is 6.92 Å². The molecule has 3 nitrogen and oxygen atoms in total. The van der Waals surface area contributed by atoms with Gasteiger partial charge in [0.05, 0.1) is 0 Å². The van der Waals surface area contributed by atoms with Gasteiger partial charge in [-0.3, -0.25) is 4.98 Å². The fourth-order valence-corrected chi connectivity index (χ4v) is 1.17. The summed E-state index contributed by atoms with van der Waals surface area (Å²) in [4.78, 5) is 15.5. The van der Waals surface area contributed by atoms with Gasteiger partial charge in [0, 0.05) is 18.0 Å². The maximum Gasteiger partial charge on any atom is 0.331 e. The number of esters is 1. The van der Waals surface area contributed by atoms with Gasteiger partial charge in [-0.1, -0.05) is 0 Å². The second kappa shape index (κ2) is 4.92. The van der Waals surface area contributed by atoms with Crippen molar-refractivity contribution in [2.75, 3.05) is 0 Å². The lowest BCUT2D eigenvalue weighted by molar-refractivity contribution is -0.148. The van der Waals surface area contributed by atoms with E-state index < -0.39 is 5.60 Å². The molecule has 0 fully saturated rings. The van der Waals surface area contributed by atoms with E-state index in [4.69, 9.17) is 4.74 Å². The van der Waals surface area contributed by atoms with E-state index in [1.807, 2.05) is 39.8 Å². The molecule has 1 aromatic heterocycles. The van der Waals surface area contributed by atoms with E-state index >= 15 is 0 Å². The smallest absolute Gasteiger partial charge is 0.331 e. The summed E-state index contributed by atoms with van der Waals surface area (Å²) in [5, 5.41) is 0. The van der Waals surface area contributed by atoms with E-state index in [2.05, 4.69) is 4.98 Å². The Morgan fingerprint density at radius 3 is 2.69 bits per heavy atom. The molecule has 0 unspecified atom stereocenters. The minimum atomic E-state index is -0.449. The summed E-state index contributed by atoms with van der Waals surface area (Å²) >= 11 is 0. The first-order chi connectivity index (χ1) is 7.37. The van der Waals surface area contributed by atoms with Crippen LogP contribution in [0.2, 0.25) is 0 Å². The molecule has 0 saturated carbocycles. The zero-order valence-electron chi connectivity index (χ0n) is 10.2. The van der Waals surface area contributed by atoms with Gasteiger partial charge in [-0.15, -0.1) is 0 Å². The summed E-state index contributed by atoms with van der Waals surface area (Å²) in [5.74, 6) is -0.332. The quantitative estimate of drug-likeness (QED) is 0.567. The first kappa shape index (κ1) is 12.4. The van der Waals surface area contributed by atoms with E-state index in [1.165, 1.54) is 6.08 Å². The first-order valence-electron chi connectivity index (χ1n) is 5.20. The monoisotopic (exact) mass is 219 g/mol. The number of aryl methyl sites for hydroxylation is 1. The van der Waals surface area contributed by atoms with Crippen LogP contribution in [0.15, 0.2) is 24.4 Å². The molecule has 0 radical (unpaired) electrons. The van der Waals surface area contributed by atoms with Gasteiger partial charge in [0.15, 0.2) is 0 Å². The summed E-state index contributed by atoms with van der Waals surface area (Å²) in [7, 11) is 0. The molecule has 16 heavy (non-hydrogen) atoms. The minimum Gasteiger partial charge on any atom is -0.457 e. The van der Waals surface area contributed by atoms with E-state index in [0.717, 1.165) is 11.3 Å². The van der Waals surface area contributed by atoms with Gasteiger partial charge in [-0.2, -0.15) is 0 Å². The Morgan fingerprint density at radius 2 is 2.12 bits per heavy atom. The number of ether oxygens (including phenoxy) is 1. The molecule has 3 heteroatoms. The highest BCUT2D eigenvalue weighted by atomic mass is 16.6. The van der Waals surface area contributed by atoms with Crippen LogP contribution in [-0.2, 0) is 9.53 Å². The van der Waals surface area contributed by atoms with Crippen LogP contribution in [0.1, 0.15) is 32.0 Å². The number of rotatable bonds is 2. The van der Waals surface area contributed by atoms with Crippen molar-refractivity contribution in [2.24, 2.45) is 0 Å². The maximum absolute atomic E-state index is 11.4. The van der Waals surface area contributed by atoms with Gasteiger partial charge in [-0.25, -0.2) is 4.79 Å².